The molecule has 0 unspecified atom stereocenters. The number of thiol groups is 1. The predicted octanol–water partition coefficient (Wildman–Crippen LogP) is 1.77. The highest BCUT2D eigenvalue weighted by atomic mass is 32.1. The fraction of sp³-hybridized carbons (Fsp3) is 0.417. The third-order valence-electron chi connectivity index (χ3n) is 3.40. The largest absolute Gasteiger partial charge is 0.379 e. The first-order valence-corrected chi connectivity index (χ1v) is 5.99. The van der Waals surface area contributed by atoms with Crippen molar-refractivity contribution in [2.75, 3.05) is 19.0 Å². The molecular formula is C12H14N2OS. The first kappa shape index (κ1) is 10.2. The van der Waals surface area contributed by atoms with Gasteiger partial charge in [-0.05, 0) is 17.7 Å². The molecule has 1 aromatic heterocycles. The number of aryl methyl sites for hydroxylation is 1. The van der Waals surface area contributed by atoms with E-state index in [0.29, 0.717) is 0 Å². The lowest BCUT2D eigenvalue weighted by Gasteiger charge is -2.40. The molecule has 0 saturated carbocycles. The summed E-state index contributed by atoms with van der Waals surface area (Å²) in [6.45, 7) is 1.55. The van der Waals surface area contributed by atoms with Crippen LogP contribution in [0.25, 0.3) is 11.0 Å². The fourth-order valence-corrected chi connectivity index (χ4v) is 2.53. The molecule has 0 radical (unpaired) electrons. The van der Waals surface area contributed by atoms with Crippen LogP contribution in [0.3, 0.4) is 0 Å². The van der Waals surface area contributed by atoms with Gasteiger partial charge in [0.2, 0.25) is 0 Å². The van der Waals surface area contributed by atoms with Crippen molar-refractivity contribution in [2.45, 2.75) is 5.41 Å². The summed E-state index contributed by atoms with van der Waals surface area (Å²) in [6.07, 6.45) is 1.85. The number of aromatic nitrogens is 2. The van der Waals surface area contributed by atoms with Gasteiger partial charge in [-0.15, -0.1) is 0 Å². The monoisotopic (exact) mass is 234 g/mol. The minimum Gasteiger partial charge on any atom is -0.379 e. The third-order valence-corrected chi connectivity index (χ3v) is 4.00. The van der Waals surface area contributed by atoms with Crippen LogP contribution in [-0.2, 0) is 17.2 Å². The minimum absolute atomic E-state index is 0.106. The third kappa shape index (κ3) is 1.30. The quantitative estimate of drug-likeness (QED) is 0.802. The number of hydrogen-bond acceptors (Lipinski definition) is 3. The smallest absolute Gasteiger partial charge is 0.0955 e. The van der Waals surface area contributed by atoms with Gasteiger partial charge in [0, 0.05) is 12.8 Å². The van der Waals surface area contributed by atoms with E-state index in [2.05, 4.69) is 35.8 Å². The number of fused-ring (bicyclic) bond motifs is 1. The predicted molar refractivity (Wildman–Crippen MR) is 67.1 cm³/mol. The Bertz CT molecular complexity index is 525. The maximum Gasteiger partial charge on any atom is 0.0955 e. The lowest BCUT2D eigenvalue weighted by Crippen LogP contribution is -2.48. The van der Waals surface area contributed by atoms with E-state index in [9.17, 15) is 0 Å². The van der Waals surface area contributed by atoms with E-state index in [1.807, 2.05) is 17.9 Å². The van der Waals surface area contributed by atoms with E-state index in [1.54, 1.807) is 0 Å². The van der Waals surface area contributed by atoms with Gasteiger partial charge >= 0.3 is 0 Å². The minimum atomic E-state index is 0.106. The van der Waals surface area contributed by atoms with Crippen molar-refractivity contribution >= 4 is 23.7 Å². The van der Waals surface area contributed by atoms with Crippen molar-refractivity contribution in [3.63, 3.8) is 0 Å². The Morgan fingerprint density at radius 2 is 2.31 bits per heavy atom. The molecule has 0 bridgehead atoms. The zero-order chi connectivity index (χ0) is 11.2. The lowest BCUT2D eigenvalue weighted by atomic mass is 9.80. The zero-order valence-corrected chi connectivity index (χ0v) is 10.1. The van der Waals surface area contributed by atoms with Crippen molar-refractivity contribution in [2.24, 2.45) is 7.05 Å². The maximum absolute atomic E-state index is 5.33. The fourth-order valence-electron chi connectivity index (χ4n) is 2.16. The molecular weight excluding hydrogens is 220 g/mol. The zero-order valence-electron chi connectivity index (χ0n) is 9.18. The molecule has 0 atom stereocenters. The van der Waals surface area contributed by atoms with Crippen LogP contribution in [0.5, 0.6) is 0 Å². The Morgan fingerprint density at radius 3 is 2.94 bits per heavy atom. The Kier molecular flexibility index (Phi) is 2.23. The second-order valence-corrected chi connectivity index (χ2v) is 4.81. The molecule has 84 valence electrons. The van der Waals surface area contributed by atoms with Gasteiger partial charge in [0.05, 0.1) is 36.0 Å². The topological polar surface area (TPSA) is 27.1 Å². The summed E-state index contributed by atoms with van der Waals surface area (Å²) in [7, 11) is 2.01. The van der Waals surface area contributed by atoms with Gasteiger partial charge in [0.15, 0.2) is 0 Å². The number of nitrogens with zero attached hydrogens (tertiary/aromatic N) is 2. The van der Waals surface area contributed by atoms with Gasteiger partial charge in [-0.1, -0.05) is 6.07 Å². The van der Waals surface area contributed by atoms with Crippen LogP contribution in [-0.4, -0.2) is 28.5 Å². The Morgan fingerprint density at radius 1 is 1.50 bits per heavy atom. The first-order valence-electron chi connectivity index (χ1n) is 5.35. The van der Waals surface area contributed by atoms with Gasteiger partial charge in [0.1, 0.15) is 0 Å². The van der Waals surface area contributed by atoms with Gasteiger partial charge in [-0.25, -0.2) is 4.98 Å². The molecule has 0 aliphatic carbocycles. The Labute approximate surface area is 99.8 Å². The van der Waals surface area contributed by atoms with Crippen molar-refractivity contribution in [3.05, 3.63) is 30.1 Å². The van der Waals surface area contributed by atoms with E-state index in [-0.39, 0.29) is 5.41 Å². The van der Waals surface area contributed by atoms with E-state index in [1.165, 1.54) is 11.1 Å². The van der Waals surface area contributed by atoms with Crippen molar-refractivity contribution in [1.82, 2.24) is 9.55 Å². The van der Waals surface area contributed by atoms with Crippen molar-refractivity contribution in [1.29, 1.82) is 0 Å². The molecule has 16 heavy (non-hydrogen) atoms. The molecule has 0 amide bonds. The second-order valence-electron chi connectivity index (χ2n) is 4.49. The van der Waals surface area contributed by atoms with Crippen molar-refractivity contribution in [3.8, 4) is 0 Å². The normalized spacial score (nSPS) is 18.6. The van der Waals surface area contributed by atoms with Crippen LogP contribution in [0, 0.1) is 0 Å². The van der Waals surface area contributed by atoms with Gasteiger partial charge < -0.3 is 9.30 Å². The highest BCUT2D eigenvalue weighted by Crippen LogP contribution is 2.34. The number of ether oxygens (including phenoxy) is 1. The standard InChI is InChI=1S/C12H14N2OS/c1-14-8-13-10-4-9(2-3-11(10)14)12(7-16)5-15-6-12/h2-4,8,16H,5-7H2,1H3. The molecule has 0 N–H and O–H groups in total. The van der Waals surface area contributed by atoms with Crippen LogP contribution in [0.4, 0.5) is 0 Å². The second kappa shape index (κ2) is 3.50. The maximum atomic E-state index is 5.33. The molecule has 1 aromatic carbocycles. The van der Waals surface area contributed by atoms with Crippen LogP contribution in [0.2, 0.25) is 0 Å². The first-order chi connectivity index (χ1) is 7.75. The summed E-state index contributed by atoms with van der Waals surface area (Å²) in [5, 5.41) is 0. The molecule has 1 fully saturated rings. The van der Waals surface area contributed by atoms with Crippen LogP contribution < -0.4 is 0 Å². The van der Waals surface area contributed by atoms with E-state index >= 15 is 0 Å². The van der Waals surface area contributed by atoms with Crippen LogP contribution in [0.15, 0.2) is 24.5 Å². The molecule has 2 heterocycles. The van der Waals surface area contributed by atoms with Crippen molar-refractivity contribution < 1.29 is 4.74 Å². The highest BCUT2D eigenvalue weighted by molar-refractivity contribution is 7.80. The highest BCUT2D eigenvalue weighted by Gasteiger charge is 2.39. The molecule has 1 saturated heterocycles. The number of rotatable bonds is 2. The Balaban J connectivity index is 2.11. The molecule has 4 heteroatoms. The van der Waals surface area contributed by atoms with Crippen LogP contribution >= 0.6 is 12.6 Å². The number of benzene rings is 1. The number of hydrogen-bond donors (Lipinski definition) is 1. The summed E-state index contributed by atoms with van der Waals surface area (Å²) < 4.78 is 7.36. The average molecular weight is 234 g/mol. The summed E-state index contributed by atoms with van der Waals surface area (Å²) >= 11 is 4.44. The Hall–Kier alpha value is -1.00. The van der Waals surface area contributed by atoms with Gasteiger partial charge in [-0.3, -0.25) is 0 Å². The molecule has 3 rings (SSSR count). The SMILES string of the molecule is Cn1cnc2cc(C3(CS)COC3)ccc21. The molecule has 1 aliphatic rings. The molecule has 2 aromatic rings. The summed E-state index contributed by atoms with van der Waals surface area (Å²) in [4.78, 5) is 4.38. The van der Waals surface area contributed by atoms with Gasteiger partial charge in [0.25, 0.3) is 0 Å². The summed E-state index contributed by atoms with van der Waals surface area (Å²) in [5.41, 5.74) is 3.61. The molecule has 3 nitrogen and oxygen atoms in total. The lowest BCUT2D eigenvalue weighted by molar-refractivity contribution is -0.0470. The summed E-state index contributed by atoms with van der Waals surface area (Å²) in [5.74, 6) is 0.825. The summed E-state index contributed by atoms with van der Waals surface area (Å²) in [6, 6.07) is 6.46. The number of imidazole rings is 1. The van der Waals surface area contributed by atoms with E-state index < -0.39 is 0 Å². The molecule has 0 spiro atoms. The van der Waals surface area contributed by atoms with E-state index in [0.717, 1.165) is 24.5 Å². The van der Waals surface area contributed by atoms with Gasteiger partial charge in [-0.2, -0.15) is 12.6 Å². The van der Waals surface area contributed by atoms with Crippen LogP contribution in [0.1, 0.15) is 5.56 Å². The average Bonchev–Trinajstić information content (AvgIpc) is 2.60. The van der Waals surface area contributed by atoms with E-state index in [4.69, 9.17) is 4.74 Å². The molecule has 1 aliphatic heterocycles.